The van der Waals surface area contributed by atoms with Crippen LogP contribution in [0.2, 0.25) is 0 Å². The van der Waals surface area contributed by atoms with Crippen LogP contribution in [0.1, 0.15) is 27.2 Å². The van der Waals surface area contributed by atoms with Crippen LogP contribution < -0.4 is 10.2 Å². The molecule has 1 atom stereocenters. The fraction of sp³-hybridized carbons (Fsp3) is 0.0909. The second-order valence-corrected chi connectivity index (χ2v) is 7.29. The van der Waals surface area contributed by atoms with E-state index in [0.29, 0.717) is 16.3 Å². The van der Waals surface area contributed by atoms with Crippen molar-refractivity contribution < 1.29 is 22.8 Å². The Kier molecular flexibility index (Phi) is 5.76. The molecule has 4 aromatic rings. The highest BCUT2D eigenvalue weighted by molar-refractivity contribution is 7.12. The number of halogens is 1. The fourth-order valence-electron chi connectivity index (χ4n) is 3.01. The van der Waals surface area contributed by atoms with Crippen molar-refractivity contribution in [1.29, 1.82) is 0 Å². The zero-order valence-corrected chi connectivity index (χ0v) is 16.5. The summed E-state index contributed by atoms with van der Waals surface area (Å²) < 4.78 is 24.3. The van der Waals surface area contributed by atoms with Gasteiger partial charge in [0.25, 0.3) is 11.8 Å². The zero-order chi connectivity index (χ0) is 20.9. The van der Waals surface area contributed by atoms with Gasteiger partial charge in [0, 0.05) is 5.69 Å². The van der Waals surface area contributed by atoms with Gasteiger partial charge in [-0.15, -0.1) is 11.3 Å². The minimum absolute atomic E-state index is 0.146. The van der Waals surface area contributed by atoms with Gasteiger partial charge in [-0.05, 0) is 60.0 Å². The summed E-state index contributed by atoms with van der Waals surface area (Å²) in [6, 6.07) is 14.4. The van der Waals surface area contributed by atoms with E-state index in [2.05, 4.69) is 5.32 Å². The molecule has 0 aliphatic carbocycles. The largest absolute Gasteiger partial charge is 0.467 e. The van der Waals surface area contributed by atoms with Gasteiger partial charge in [0.1, 0.15) is 17.3 Å². The van der Waals surface area contributed by atoms with Crippen molar-refractivity contribution in [1.82, 2.24) is 5.32 Å². The summed E-state index contributed by atoms with van der Waals surface area (Å²) in [7, 11) is 0. The zero-order valence-electron chi connectivity index (χ0n) is 15.7. The summed E-state index contributed by atoms with van der Waals surface area (Å²) in [4.78, 5) is 28.3. The summed E-state index contributed by atoms with van der Waals surface area (Å²) in [5.74, 6) is -0.457. The van der Waals surface area contributed by atoms with Crippen molar-refractivity contribution in [2.24, 2.45) is 0 Å². The molecule has 30 heavy (non-hydrogen) atoms. The standard InChI is InChI=1S/C22H17FN2O4S/c23-15-7-9-16(10-8-15)25(22(27)19-6-3-13-30-19)20(18-5-2-12-29-18)21(26)24-14-17-4-1-11-28-17/h1-13,20H,14H2,(H,24,26). The Morgan fingerprint density at radius 2 is 1.77 bits per heavy atom. The van der Waals surface area contributed by atoms with Gasteiger partial charge in [0.15, 0.2) is 6.04 Å². The van der Waals surface area contributed by atoms with Crippen molar-refractivity contribution >= 4 is 28.8 Å². The first kappa shape index (κ1) is 19.7. The summed E-state index contributed by atoms with van der Waals surface area (Å²) in [5, 5.41) is 4.55. The average Bonchev–Trinajstić information content (AvgIpc) is 3.53. The summed E-state index contributed by atoms with van der Waals surface area (Å²) in [5.41, 5.74) is 0.365. The van der Waals surface area contributed by atoms with Crippen LogP contribution in [0.4, 0.5) is 10.1 Å². The molecule has 0 radical (unpaired) electrons. The minimum Gasteiger partial charge on any atom is -0.467 e. The predicted octanol–water partition coefficient (Wildman–Crippen LogP) is 4.78. The number of hydrogen-bond donors (Lipinski definition) is 1. The lowest BCUT2D eigenvalue weighted by Gasteiger charge is -2.29. The molecule has 1 aromatic carbocycles. The molecule has 1 unspecified atom stereocenters. The number of anilines is 1. The van der Waals surface area contributed by atoms with Crippen LogP contribution in [0.15, 0.2) is 87.4 Å². The van der Waals surface area contributed by atoms with Crippen LogP contribution in [0, 0.1) is 5.82 Å². The van der Waals surface area contributed by atoms with Crippen molar-refractivity contribution in [3.8, 4) is 0 Å². The average molecular weight is 424 g/mol. The van der Waals surface area contributed by atoms with E-state index in [9.17, 15) is 14.0 Å². The van der Waals surface area contributed by atoms with Gasteiger partial charge in [0.2, 0.25) is 0 Å². The molecule has 0 aliphatic rings. The van der Waals surface area contributed by atoms with Gasteiger partial charge in [-0.2, -0.15) is 0 Å². The maximum atomic E-state index is 13.5. The Hall–Kier alpha value is -3.65. The molecule has 3 aromatic heterocycles. The maximum Gasteiger partial charge on any atom is 0.269 e. The molecule has 0 bridgehead atoms. The third-order valence-corrected chi connectivity index (χ3v) is 5.25. The quantitative estimate of drug-likeness (QED) is 0.463. The van der Waals surface area contributed by atoms with Crippen LogP contribution in [-0.2, 0) is 11.3 Å². The summed E-state index contributed by atoms with van der Waals surface area (Å²) in [6.07, 6.45) is 2.94. The number of benzene rings is 1. The van der Waals surface area contributed by atoms with E-state index < -0.39 is 23.7 Å². The van der Waals surface area contributed by atoms with Crippen molar-refractivity contribution in [2.75, 3.05) is 4.90 Å². The molecule has 0 aliphatic heterocycles. The number of amides is 2. The van der Waals surface area contributed by atoms with Gasteiger partial charge < -0.3 is 14.2 Å². The molecule has 2 amide bonds. The van der Waals surface area contributed by atoms with Crippen molar-refractivity contribution in [2.45, 2.75) is 12.6 Å². The predicted molar refractivity (Wildman–Crippen MR) is 110 cm³/mol. The third kappa shape index (κ3) is 4.18. The highest BCUT2D eigenvalue weighted by atomic mass is 32.1. The molecule has 0 spiro atoms. The summed E-state index contributed by atoms with van der Waals surface area (Å²) in [6.45, 7) is 0.146. The molecule has 6 nitrogen and oxygen atoms in total. The third-order valence-electron chi connectivity index (χ3n) is 4.39. The molecule has 1 N–H and O–H groups in total. The molecule has 4 rings (SSSR count). The monoisotopic (exact) mass is 424 g/mol. The first-order chi connectivity index (χ1) is 14.6. The second kappa shape index (κ2) is 8.79. The number of hydrogen-bond acceptors (Lipinski definition) is 5. The van der Waals surface area contributed by atoms with E-state index >= 15 is 0 Å². The summed E-state index contributed by atoms with van der Waals surface area (Å²) >= 11 is 1.25. The number of furan rings is 2. The molecular weight excluding hydrogens is 407 g/mol. The van der Waals surface area contributed by atoms with Gasteiger partial charge in [0.05, 0.1) is 23.9 Å². The first-order valence-electron chi connectivity index (χ1n) is 9.09. The van der Waals surface area contributed by atoms with E-state index in [-0.39, 0.29) is 12.3 Å². The van der Waals surface area contributed by atoms with Crippen LogP contribution >= 0.6 is 11.3 Å². The SMILES string of the molecule is O=C(NCc1ccco1)C(c1ccco1)N(C(=O)c1cccs1)c1ccc(F)cc1. The Bertz CT molecular complexity index is 1090. The lowest BCUT2D eigenvalue weighted by atomic mass is 10.1. The molecule has 152 valence electrons. The van der Waals surface area contributed by atoms with Gasteiger partial charge in [-0.1, -0.05) is 6.07 Å². The number of rotatable bonds is 7. The number of carbonyl (C=O) groups is 2. The molecular formula is C22H17FN2O4S. The van der Waals surface area contributed by atoms with Crippen LogP contribution in [0.25, 0.3) is 0 Å². The van der Waals surface area contributed by atoms with E-state index in [0.717, 1.165) is 0 Å². The molecule has 0 saturated carbocycles. The molecule has 3 heterocycles. The van der Waals surface area contributed by atoms with Crippen molar-refractivity contribution in [3.05, 3.63) is 101 Å². The lowest BCUT2D eigenvalue weighted by Crippen LogP contribution is -2.43. The minimum atomic E-state index is -1.10. The molecule has 0 saturated heterocycles. The van der Waals surface area contributed by atoms with Crippen molar-refractivity contribution in [3.63, 3.8) is 0 Å². The number of nitrogens with zero attached hydrogens (tertiary/aromatic N) is 1. The van der Waals surface area contributed by atoms with Crippen LogP contribution in [-0.4, -0.2) is 11.8 Å². The van der Waals surface area contributed by atoms with E-state index in [4.69, 9.17) is 8.83 Å². The second-order valence-electron chi connectivity index (χ2n) is 6.34. The number of carbonyl (C=O) groups excluding carboxylic acids is 2. The van der Waals surface area contributed by atoms with E-state index in [1.165, 1.54) is 53.0 Å². The molecule has 8 heteroatoms. The Morgan fingerprint density at radius 3 is 2.40 bits per heavy atom. The normalized spacial score (nSPS) is 11.8. The Morgan fingerprint density at radius 1 is 1.00 bits per heavy atom. The number of thiophene rings is 1. The smallest absolute Gasteiger partial charge is 0.269 e. The molecule has 0 fully saturated rings. The van der Waals surface area contributed by atoms with E-state index in [1.807, 2.05) is 0 Å². The van der Waals surface area contributed by atoms with Crippen LogP contribution in [0.5, 0.6) is 0 Å². The highest BCUT2D eigenvalue weighted by Gasteiger charge is 2.35. The topological polar surface area (TPSA) is 75.7 Å². The fourth-order valence-corrected chi connectivity index (χ4v) is 3.67. The maximum absolute atomic E-state index is 13.5. The number of nitrogens with one attached hydrogen (secondary N) is 1. The van der Waals surface area contributed by atoms with E-state index in [1.54, 1.807) is 41.8 Å². The lowest BCUT2D eigenvalue weighted by molar-refractivity contribution is -0.123. The first-order valence-corrected chi connectivity index (χ1v) is 9.97. The highest BCUT2D eigenvalue weighted by Crippen LogP contribution is 2.31. The van der Waals surface area contributed by atoms with Gasteiger partial charge in [-0.3, -0.25) is 14.5 Å². The Labute approximate surface area is 175 Å². The van der Waals surface area contributed by atoms with Gasteiger partial charge >= 0.3 is 0 Å². The Balaban J connectivity index is 1.73. The van der Waals surface area contributed by atoms with Gasteiger partial charge in [-0.25, -0.2) is 4.39 Å². The van der Waals surface area contributed by atoms with Crippen LogP contribution in [0.3, 0.4) is 0 Å².